The van der Waals surface area contributed by atoms with E-state index in [1.54, 1.807) is 11.7 Å². The summed E-state index contributed by atoms with van der Waals surface area (Å²) in [4.78, 5) is 13.1. The molecule has 0 aliphatic carbocycles. The van der Waals surface area contributed by atoms with E-state index in [1.165, 1.54) is 0 Å². The highest BCUT2D eigenvalue weighted by Crippen LogP contribution is 2.27. The lowest BCUT2D eigenvalue weighted by Crippen LogP contribution is -2.08. The van der Waals surface area contributed by atoms with Gasteiger partial charge in [-0.1, -0.05) is 41.9 Å². The van der Waals surface area contributed by atoms with Crippen LogP contribution in [0.15, 0.2) is 66.7 Å². The SMILES string of the molecule is CCOC(=O)CCc1ccc(OCCCOc2ccccc2-n2nc3ccccc3n2)c(Cl)c1. The molecule has 8 heteroatoms. The largest absolute Gasteiger partial charge is 0.492 e. The maximum absolute atomic E-state index is 11.5. The van der Waals surface area contributed by atoms with Gasteiger partial charge in [0.15, 0.2) is 0 Å². The lowest BCUT2D eigenvalue weighted by Gasteiger charge is -2.12. The summed E-state index contributed by atoms with van der Waals surface area (Å²) in [5.74, 6) is 1.10. The van der Waals surface area contributed by atoms with Crippen molar-refractivity contribution < 1.29 is 19.0 Å². The summed E-state index contributed by atoms with van der Waals surface area (Å²) in [6.07, 6.45) is 1.57. The first-order valence-electron chi connectivity index (χ1n) is 11.2. The van der Waals surface area contributed by atoms with Crippen LogP contribution in [-0.4, -0.2) is 40.8 Å². The third-order valence-corrected chi connectivity index (χ3v) is 5.39. The van der Waals surface area contributed by atoms with Gasteiger partial charge in [-0.15, -0.1) is 15.0 Å². The molecule has 4 rings (SSSR count). The minimum atomic E-state index is -0.211. The number of nitrogens with zero attached hydrogens (tertiary/aromatic N) is 3. The molecule has 34 heavy (non-hydrogen) atoms. The molecular formula is C26H26ClN3O4. The number of esters is 1. The van der Waals surface area contributed by atoms with Gasteiger partial charge in [0, 0.05) is 12.8 Å². The van der Waals surface area contributed by atoms with E-state index in [1.807, 2.05) is 66.7 Å². The van der Waals surface area contributed by atoms with Crippen LogP contribution in [0, 0.1) is 0 Å². The summed E-state index contributed by atoms with van der Waals surface area (Å²) >= 11 is 6.35. The van der Waals surface area contributed by atoms with Gasteiger partial charge in [0.05, 0.1) is 24.8 Å². The summed E-state index contributed by atoms with van der Waals surface area (Å²) in [7, 11) is 0. The van der Waals surface area contributed by atoms with Crippen molar-refractivity contribution in [1.29, 1.82) is 0 Å². The average Bonchev–Trinajstić information content (AvgIpc) is 3.28. The first kappa shape index (κ1) is 23.6. The van der Waals surface area contributed by atoms with Crippen LogP contribution in [0.1, 0.15) is 25.3 Å². The van der Waals surface area contributed by atoms with Gasteiger partial charge in [0.1, 0.15) is 28.2 Å². The third kappa shape index (κ3) is 6.05. The van der Waals surface area contributed by atoms with Crippen LogP contribution in [-0.2, 0) is 16.0 Å². The minimum Gasteiger partial charge on any atom is -0.492 e. The van der Waals surface area contributed by atoms with Crippen LogP contribution in [0.4, 0.5) is 0 Å². The Balaban J connectivity index is 1.27. The lowest BCUT2D eigenvalue weighted by atomic mass is 10.1. The van der Waals surface area contributed by atoms with E-state index in [2.05, 4.69) is 10.2 Å². The molecule has 0 aliphatic rings. The third-order valence-electron chi connectivity index (χ3n) is 5.09. The molecule has 0 saturated heterocycles. The van der Waals surface area contributed by atoms with E-state index in [0.29, 0.717) is 55.6 Å². The Kier molecular flexibility index (Phi) is 7.99. The number of carbonyl (C=O) groups excluding carboxylic acids is 1. The number of halogens is 1. The van der Waals surface area contributed by atoms with E-state index in [4.69, 9.17) is 25.8 Å². The predicted molar refractivity (Wildman–Crippen MR) is 131 cm³/mol. The highest BCUT2D eigenvalue weighted by Gasteiger charge is 2.10. The Bertz CT molecular complexity index is 1220. The molecule has 0 amide bonds. The monoisotopic (exact) mass is 479 g/mol. The molecule has 0 fully saturated rings. The van der Waals surface area contributed by atoms with Crippen molar-refractivity contribution in [3.8, 4) is 17.2 Å². The zero-order valence-electron chi connectivity index (χ0n) is 18.9. The van der Waals surface area contributed by atoms with Gasteiger partial charge in [0.25, 0.3) is 0 Å². The van der Waals surface area contributed by atoms with Gasteiger partial charge < -0.3 is 14.2 Å². The van der Waals surface area contributed by atoms with Gasteiger partial charge in [-0.05, 0) is 55.3 Å². The maximum atomic E-state index is 11.5. The van der Waals surface area contributed by atoms with Crippen LogP contribution < -0.4 is 9.47 Å². The standard InChI is InChI=1S/C26H26ClN3O4/c1-2-32-26(31)15-13-19-12-14-24(20(27)18-19)33-16-7-17-34-25-11-6-5-10-23(25)30-28-21-8-3-4-9-22(21)29-30/h3-6,8-12,14,18H,2,7,13,15-17H2,1H3. The van der Waals surface area contributed by atoms with E-state index >= 15 is 0 Å². The summed E-state index contributed by atoms with van der Waals surface area (Å²) in [5.41, 5.74) is 3.40. The molecule has 176 valence electrons. The number of para-hydroxylation sites is 2. The van der Waals surface area contributed by atoms with Gasteiger partial charge in [0.2, 0.25) is 0 Å². The van der Waals surface area contributed by atoms with Gasteiger partial charge in [-0.25, -0.2) is 0 Å². The van der Waals surface area contributed by atoms with Gasteiger partial charge in [-0.3, -0.25) is 4.79 Å². The summed E-state index contributed by atoms with van der Waals surface area (Å²) in [6, 6.07) is 21.0. The minimum absolute atomic E-state index is 0.211. The fraction of sp³-hybridized carbons (Fsp3) is 0.269. The number of ether oxygens (including phenoxy) is 3. The van der Waals surface area contributed by atoms with Crippen LogP contribution in [0.2, 0.25) is 5.02 Å². The van der Waals surface area contributed by atoms with Crippen LogP contribution >= 0.6 is 11.6 Å². The predicted octanol–water partition coefficient (Wildman–Crippen LogP) is 5.42. The number of benzene rings is 3. The maximum Gasteiger partial charge on any atom is 0.306 e. The fourth-order valence-electron chi connectivity index (χ4n) is 3.43. The molecule has 7 nitrogen and oxygen atoms in total. The molecule has 0 radical (unpaired) electrons. The summed E-state index contributed by atoms with van der Waals surface area (Å²) < 4.78 is 16.8. The highest BCUT2D eigenvalue weighted by atomic mass is 35.5. The average molecular weight is 480 g/mol. The molecule has 0 bridgehead atoms. The Labute approximate surface area is 203 Å². The van der Waals surface area contributed by atoms with E-state index in [-0.39, 0.29) is 5.97 Å². The molecule has 4 aromatic rings. The second-order valence-corrected chi connectivity index (χ2v) is 7.97. The molecule has 1 heterocycles. The van der Waals surface area contributed by atoms with Crippen LogP contribution in [0.5, 0.6) is 11.5 Å². The van der Waals surface area contributed by atoms with Gasteiger partial charge >= 0.3 is 5.97 Å². The van der Waals surface area contributed by atoms with Gasteiger partial charge in [-0.2, -0.15) is 0 Å². The number of fused-ring (bicyclic) bond motifs is 1. The normalized spacial score (nSPS) is 10.9. The number of aromatic nitrogens is 3. The Morgan fingerprint density at radius 2 is 1.59 bits per heavy atom. The zero-order valence-corrected chi connectivity index (χ0v) is 19.7. The first-order chi connectivity index (χ1) is 16.6. The Hall–Kier alpha value is -3.58. The summed E-state index contributed by atoms with van der Waals surface area (Å²) in [6.45, 7) is 3.10. The van der Waals surface area contributed by atoms with Crippen molar-refractivity contribution in [3.05, 3.63) is 77.3 Å². The highest BCUT2D eigenvalue weighted by molar-refractivity contribution is 6.32. The van der Waals surface area contributed by atoms with Crippen molar-refractivity contribution in [1.82, 2.24) is 15.0 Å². The molecule has 0 saturated carbocycles. The van der Waals surface area contributed by atoms with Crippen molar-refractivity contribution in [2.24, 2.45) is 0 Å². The zero-order chi connectivity index (χ0) is 23.8. The number of hydrogen-bond donors (Lipinski definition) is 0. The topological polar surface area (TPSA) is 75.5 Å². The smallest absolute Gasteiger partial charge is 0.306 e. The van der Waals surface area contributed by atoms with Crippen LogP contribution in [0.25, 0.3) is 16.7 Å². The first-order valence-corrected chi connectivity index (χ1v) is 11.6. The van der Waals surface area contributed by atoms with E-state index in [0.717, 1.165) is 22.3 Å². The second kappa shape index (κ2) is 11.5. The number of hydrogen-bond acceptors (Lipinski definition) is 6. The second-order valence-electron chi connectivity index (χ2n) is 7.57. The number of aryl methyl sites for hydroxylation is 1. The van der Waals surface area contributed by atoms with Crippen molar-refractivity contribution in [2.75, 3.05) is 19.8 Å². The van der Waals surface area contributed by atoms with Crippen molar-refractivity contribution in [2.45, 2.75) is 26.2 Å². The van der Waals surface area contributed by atoms with Crippen LogP contribution in [0.3, 0.4) is 0 Å². The van der Waals surface area contributed by atoms with E-state index in [9.17, 15) is 4.79 Å². The molecular weight excluding hydrogens is 454 g/mol. The van der Waals surface area contributed by atoms with Crippen molar-refractivity contribution in [3.63, 3.8) is 0 Å². The fourth-order valence-corrected chi connectivity index (χ4v) is 3.69. The molecule has 3 aromatic carbocycles. The molecule has 0 unspecified atom stereocenters. The number of rotatable bonds is 11. The molecule has 1 aromatic heterocycles. The molecule has 0 aliphatic heterocycles. The Morgan fingerprint density at radius 1 is 0.912 bits per heavy atom. The molecule has 0 atom stereocenters. The molecule has 0 N–H and O–H groups in total. The number of carbonyl (C=O) groups is 1. The molecule has 0 spiro atoms. The van der Waals surface area contributed by atoms with Crippen molar-refractivity contribution >= 4 is 28.6 Å². The summed E-state index contributed by atoms with van der Waals surface area (Å²) in [5, 5.41) is 9.59. The Morgan fingerprint density at radius 3 is 2.29 bits per heavy atom. The quantitative estimate of drug-likeness (QED) is 0.211. The van der Waals surface area contributed by atoms with E-state index < -0.39 is 0 Å². The lowest BCUT2D eigenvalue weighted by molar-refractivity contribution is -0.143.